The van der Waals surface area contributed by atoms with Crippen LogP contribution in [-0.4, -0.2) is 9.55 Å². The van der Waals surface area contributed by atoms with Gasteiger partial charge < -0.3 is 9.30 Å². The maximum Gasteiger partial charge on any atom is 0.165 e. The maximum atomic E-state index is 13.5. The molecule has 0 fully saturated rings. The molecule has 2 rings (SSSR count). The van der Waals surface area contributed by atoms with Gasteiger partial charge in [-0.2, -0.15) is 0 Å². The Labute approximate surface area is 106 Å². The molecule has 96 valence electrons. The molecule has 1 aromatic carbocycles. The average Bonchev–Trinajstić information content (AvgIpc) is 2.79. The molecule has 0 aliphatic carbocycles. The molecule has 1 heterocycles. The van der Waals surface area contributed by atoms with Crippen LogP contribution in [0.15, 0.2) is 30.7 Å². The molecule has 2 aromatic rings. The van der Waals surface area contributed by atoms with E-state index in [1.807, 2.05) is 11.5 Å². The van der Waals surface area contributed by atoms with Gasteiger partial charge >= 0.3 is 0 Å². The number of benzene rings is 1. The van der Waals surface area contributed by atoms with Gasteiger partial charge in [0.25, 0.3) is 0 Å². The summed E-state index contributed by atoms with van der Waals surface area (Å²) >= 11 is 0. The average molecular weight is 248 g/mol. The first-order valence-corrected chi connectivity index (χ1v) is 5.97. The van der Waals surface area contributed by atoms with E-state index in [1.54, 1.807) is 24.7 Å². The second-order valence-corrected chi connectivity index (χ2v) is 4.61. The minimum Gasteiger partial charge on any atom is -0.484 e. The largest absolute Gasteiger partial charge is 0.484 e. The molecule has 0 aliphatic rings. The Morgan fingerprint density at radius 2 is 2.17 bits per heavy atom. The first-order chi connectivity index (χ1) is 8.58. The van der Waals surface area contributed by atoms with Gasteiger partial charge in [-0.1, -0.05) is 6.07 Å². The molecule has 0 amide bonds. The molecule has 0 N–H and O–H groups in total. The minimum absolute atomic E-state index is 0.284. The fraction of sp³-hybridized carbons (Fsp3) is 0.357. The summed E-state index contributed by atoms with van der Waals surface area (Å²) in [6.07, 6.45) is 3.50. The summed E-state index contributed by atoms with van der Waals surface area (Å²) in [7, 11) is 0. The van der Waals surface area contributed by atoms with Gasteiger partial charge in [-0.25, -0.2) is 9.37 Å². The number of ether oxygens (including phenoxy) is 1. The summed E-state index contributed by atoms with van der Waals surface area (Å²) < 4.78 is 21.0. The Balaban J connectivity index is 2.11. The first-order valence-electron chi connectivity index (χ1n) is 5.97. The number of aromatic nitrogens is 2. The van der Waals surface area contributed by atoms with Crippen LogP contribution in [0.5, 0.6) is 5.75 Å². The van der Waals surface area contributed by atoms with E-state index in [-0.39, 0.29) is 11.6 Å². The van der Waals surface area contributed by atoms with Crippen LogP contribution in [0.1, 0.15) is 31.1 Å². The van der Waals surface area contributed by atoms with Crippen LogP contribution in [0.2, 0.25) is 0 Å². The summed E-state index contributed by atoms with van der Waals surface area (Å²) in [5.41, 5.74) is 1.91. The molecule has 0 unspecified atom stereocenters. The van der Waals surface area contributed by atoms with Crippen LogP contribution in [-0.2, 0) is 6.61 Å². The standard InChI is InChI=1S/C14H17FN2O/c1-10(2)17-9-16-7-12(17)8-18-14-6-11(3)4-5-13(14)15/h4-7,9-10H,8H2,1-3H3. The van der Waals surface area contributed by atoms with Gasteiger partial charge in [0.2, 0.25) is 0 Å². The van der Waals surface area contributed by atoms with E-state index in [9.17, 15) is 4.39 Å². The van der Waals surface area contributed by atoms with Gasteiger partial charge in [0.1, 0.15) is 6.61 Å². The van der Waals surface area contributed by atoms with Gasteiger partial charge in [0, 0.05) is 6.04 Å². The van der Waals surface area contributed by atoms with Crippen molar-refractivity contribution in [1.82, 2.24) is 9.55 Å². The van der Waals surface area contributed by atoms with Crippen molar-refractivity contribution in [2.45, 2.75) is 33.4 Å². The molecule has 0 saturated carbocycles. The van der Waals surface area contributed by atoms with Crippen LogP contribution in [0.3, 0.4) is 0 Å². The lowest BCUT2D eigenvalue weighted by Gasteiger charge is -2.13. The Hall–Kier alpha value is -1.84. The summed E-state index contributed by atoms with van der Waals surface area (Å²) in [5.74, 6) is -0.0530. The Morgan fingerprint density at radius 1 is 1.39 bits per heavy atom. The van der Waals surface area contributed by atoms with Crippen LogP contribution in [0.4, 0.5) is 4.39 Å². The summed E-state index contributed by atoms with van der Waals surface area (Å²) in [4.78, 5) is 4.08. The minimum atomic E-state index is -0.337. The molecule has 1 aromatic heterocycles. The van der Waals surface area contributed by atoms with Gasteiger partial charge in [-0.3, -0.25) is 0 Å². The predicted molar refractivity (Wildman–Crippen MR) is 68.1 cm³/mol. The van der Waals surface area contributed by atoms with Crippen molar-refractivity contribution in [2.24, 2.45) is 0 Å². The van der Waals surface area contributed by atoms with Crippen molar-refractivity contribution >= 4 is 0 Å². The lowest BCUT2D eigenvalue weighted by atomic mass is 10.2. The van der Waals surface area contributed by atoms with E-state index < -0.39 is 0 Å². The Bertz CT molecular complexity index is 534. The molecule has 18 heavy (non-hydrogen) atoms. The van der Waals surface area contributed by atoms with E-state index >= 15 is 0 Å². The van der Waals surface area contributed by atoms with E-state index in [0.717, 1.165) is 11.3 Å². The Kier molecular flexibility index (Phi) is 3.65. The molecule has 0 aliphatic heterocycles. The third kappa shape index (κ3) is 2.70. The van der Waals surface area contributed by atoms with Gasteiger partial charge in [-0.05, 0) is 38.5 Å². The van der Waals surface area contributed by atoms with E-state index in [1.165, 1.54) is 6.07 Å². The fourth-order valence-electron chi connectivity index (χ4n) is 1.78. The zero-order valence-corrected chi connectivity index (χ0v) is 10.9. The normalized spacial score (nSPS) is 10.9. The number of nitrogens with zero attached hydrogens (tertiary/aromatic N) is 2. The van der Waals surface area contributed by atoms with Crippen LogP contribution < -0.4 is 4.74 Å². The highest BCUT2D eigenvalue weighted by Gasteiger charge is 2.08. The van der Waals surface area contributed by atoms with Crippen molar-refractivity contribution in [2.75, 3.05) is 0 Å². The van der Waals surface area contributed by atoms with Gasteiger partial charge in [0.05, 0.1) is 18.2 Å². The summed E-state index contributed by atoms with van der Waals surface area (Å²) in [6.45, 7) is 6.36. The smallest absolute Gasteiger partial charge is 0.165 e. The number of aryl methyl sites for hydroxylation is 1. The zero-order chi connectivity index (χ0) is 13.1. The maximum absolute atomic E-state index is 13.5. The second-order valence-electron chi connectivity index (χ2n) is 4.61. The number of hydrogen-bond acceptors (Lipinski definition) is 2. The van der Waals surface area contributed by atoms with Crippen LogP contribution in [0, 0.1) is 12.7 Å². The lowest BCUT2D eigenvalue weighted by molar-refractivity contribution is 0.278. The highest BCUT2D eigenvalue weighted by molar-refractivity contribution is 5.29. The monoisotopic (exact) mass is 248 g/mol. The molecule has 0 atom stereocenters. The topological polar surface area (TPSA) is 27.1 Å². The van der Waals surface area contributed by atoms with Gasteiger partial charge in [-0.15, -0.1) is 0 Å². The van der Waals surface area contributed by atoms with E-state index in [4.69, 9.17) is 4.74 Å². The molecule has 4 heteroatoms. The number of hydrogen-bond donors (Lipinski definition) is 0. The van der Waals surface area contributed by atoms with Crippen molar-refractivity contribution < 1.29 is 9.13 Å². The molecule has 0 radical (unpaired) electrons. The first kappa shape index (κ1) is 12.6. The van der Waals surface area contributed by atoms with Gasteiger partial charge in [0.15, 0.2) is 11.6 Å². The SMILES string of the molecule is Cc1ccc(F)c(OCc2cncn2C(C)C)c1. The second kappa shape index (κ2) is 5.21. The highest BCUT2D eigenvalue weighted by Crippen LogP contribution is 2.20. The Morgan fingerprint density at radius 3 is 2.89 bits per heavy atom. The number of rotatable bonds is 4. The highest BCUT2D eigenvalue weighted by atomic mass is 19.1. The lowest BCUT2D eigenvalue weighted by Crippen LogP contribution is -2.07. The van der Waals surface area contributed by atoms with Crippen molar-refractivity contribution in [3.63, 3.8) is 0 Å². The zero-order valence-electron chi connectivity index (χ0n) is 10.9. The number of halogens is 1. The van der Waals surface area contributed by atoms with Crippen molar-refractivity contribution in [1.29, 1.82) is 0 Å². The van der Waals surface area contributed by atoms with Crippen molar-refractivity contribution in [3.8, 4) is 5.75 Å². The molecular weight excluding hydrogens is 231 g/mol. The summed E-state index contributed by atoms with van der Waals surface area (Å²) in [6, 6.07) is 5.16. The third-order valence-corrected chi connectivity index (χ3v) is 2.76. The summed E-state index contributed by atoms with van der Waals surface area (Å²) in [5, 5.41) is 0. The molecule has 0 bridgehead atoms. The fourth-order valence-corrected chi connectivity index (χ4v) is 1.78. The number of imidazole rings is 1. The van der Waals surface area contributed by atoms with Crippen molar-refractivity contribution in [3.05, 3.63) is 47.8 Å². The van der Waals surface area contributed by atoms with E-state index in [2.05, 4.69) is 18.8 Å². The molecule has 0 saturated heterocycles. The van der Waals surface area contributed by atoms with Crippen LogP contribution >= 0.6 is 0 Å². The predicted octanol–water partition coefficient (Wildman–Crippen LogP) is 3.49. The molecular formula is C14H17FN2O. The third-order valence-electron chi connectivity index (χ3n) is 2.76. The quantitative estimate of drug-likeness (QED) is 0.828. The molecule has 0 spiro atoms. The van der Waals surface area contributed by atoms with Crippen LogP contribution in [0.25, 0.3) is 0 Å². The molecule has 3 nitrogen and oxygen atoms in total. The van der Waals surface area contributed by atoms with E-state index in [0.29, 0.717) is 12.6 Å².